The van der Waals surface area contributed by atoms with Crippen LogP contribution in [0.2, 0.25) is 0 Å². The van der Waals surface area contributed by atoms with Crippen molar-refractivity contribution in [2.24, 2.45) is 5.73 Å². The molecule has 1 aromatic carbocycles. The molecule has 1 fully saturated rings. The summed E-state index contributed by atoms with van der Waals surface area (Å²) < 4.78 is 5.21. The van der Waals surface area contributed by atoms with E-state index in [2.05, 4.69) is 16.7 Å². The van der Waals surface area contributed by atoms with Crippen LogP contribution in [-0.2, 0) is 16.8 Å². The van der Waals surface area contributed by atoms with E-state index >= 15 is 0 Å². The number of carbonyl (C=O) groups is 1. The lowest BCUT2D eigenvalue weighted by Gasteiger charge is -2.32. The predicted octanol–water partition coefficient (Wildman–Crippen LogP) is 1.50. The molecule has 2 aromatic rings. The summed E-state index contributed by atoms with van der Waals surface area (Å²) in [5, 5.41) is 17.9. The number of methoxy groups -OCH3 is 1. The molecule has 0 spiro atoms. The molecule has 4 N–H and O–H groups in total. The Morgan fingerprint density at radius 3 is 3.00 bits per heavy atom. The zero-order chi connectivity index (χ0) is 18.6. The Kier molecular flexibility index (Phi) is 5.57. The summed E-state index contributed by atoms with van der Waals surface area (Å²) in [6.07, 6.45) is 1.20. The highest BCUT2D eigenvalue weighted by Gasteiger charge is 2.39. The molecule has 0 unspecified atom stereocenters. The van der Waals surface area contributed by atoms with Gasteiger partial charge in [0.05, 0.1) is 30.3 Å². The molecule has 1 aromatic heterocycles. The standard InChI is InChI=1S/C19H22N4O2S/c1-25-14-4-5-16(13(9-14)11-20)19(6-7-22-12-19)23-18(24)17(21)10-15-3-2-8-26-15/h2-5,8-9,17,22H,6-7,10,12,21H2,1H3,(H,23,24)/t17-,19+/m0/s1. The van der Waals surface area contributed by atoms with Crippen LogP contribution in [0.25, 0.3) is 0 Å². The average molecular weight is 370 g/mol. The third-order valence-electron chi connectivity index (χ3n) is 4.72. The molecular formula is C19H22N4O2S. The number of thiophene rings is 1. The molecule has 0 saturated carbocycles. The van der Waals surface area contributed by atoms with Crippen molar-refractivity contribution in [3.05, 3.63) is 51.7 Å². The van der Waals surface area contributed by atoms with Gasteiger partial charge in [0.2, 0.25) is 5.91 Å². The second-order valence-electron chi connectivity index (χ2n) is 6.41. The smallest absolute Gasteiger partial charge is 0.238 e. The lowest BCUT2D eigenvalue weighted by atomic mass is 9.85. The third kappa shape index (κ3) is 3.73. The first-order valence-corrected chi connectivity index (χ1v) is 9.35. The number of nitrogens with zero attached hydrogens (tertiary/aromatic N) is 1. The Morgan fingerprint density at radius 2 is 2.38 bits per heavy atom. The number of nitrogens with two attached hydrogens (primary N) is 1. The Hall–Kier alpha value is -2.40. The van der Waals surface area contributed by atoms with Gasteiger partial charge in [-0.25, -0.2) is 0 Å². The average Bonchev–Trinajstić information content (AvgIpc) is 3.33. The van der Waals surface area contributed by atoms with Crippen LogP contribution in [0.1, 0.15) is 22.4 Å². The maximum Gasteiger partial charge on any atom is 0.238 e. The van der Waals surface area contributed by atoms with Gasteiger partial charge >= 0.3 is 0 Å². The van der Waals surface area contributed by atoms with E-state index in [-0.39, 0.29) is 5.91 Å². The molecule has 0 aliphatic carbocycles. The third-order valence-corrected chi connectivity index (χ3v) is 5.62. The van der Waals surface area contributed by atoms with Crippen molar-refractivity contribution < 1.29 is 9.53 Å². The zero-order valence-electron chi connectivity index (χ0n) is 14.6. The fourth-order valence-corrected chi connectivity index (χ4v) is 4.09. The van der Waals surface area contributed by atoms with Crippen molar-refractivity contribution in [1.82, 2.24) is 10.6 Å². The Labute approximate surface area is 157 Å². The highest BCUT2D eigenvalue weighted by molar-refractivity contribution is 7.09. The zero-order valence-corrected chi connectivity index (χ0v) is 15.4. The lowest BCUT2D eigenvalue weighted by molar-refractivity contribution is -0.124. The van der Waals surface area contributed by atoms with Gasteiger partial charge in [-0.05, 0) is 42.1 Å². The minimum atomic E-state index is -0.637. The summed E-state index contributed by atoms with van der Waals surface area (Å²) in [7, 11) is 1.56. The number of rotatable bonds is 6. The first kappa shape index (κ1) is 18.4. The molecule has 1 amide bonds. The van der Waals surface area contributed by atoms with Gasteiger partial charge in [0.15, 0.2) is 0 Å². The molecule has 2 heterocycles. The van der Waals surface area contributed by atoms with Crippen LogP contribution in [0.3, 0.4) is 0 Å². The molecule has 2 atom stereocenters. The Bertz CT molecular complexity index is 807. The van der Waals surface area contributed by atoms with Crippen molar-refractivity contribution in [3.8, 4) is 11.8 Å². The molecule has 3 rings (SSSR count). The van der Waals surface area contributed by atoms with E-state index in [9.17, 15) is 10.1 Å². The fraction of sp³-hybridized carbons (Fsp3) is 0.368. The van der Waals surface area contributed by atoms with Gasteiger partial charge < -0.3 is 21.1 Å². The highest BCUT2D eigenvalue weighted by Crippen LogP contribution is 2.32. The van der Waals surface area contributed by atoms with Gasteiger partial charge in [-0.3, -0.25) is 4.79 Å². The molecule has 0 radical (unpaired) electrons. The lowest BCUT2D eigenvalue weighted by Crippen LogP contribution is -2.53. The van der Waals surface area contributed by atoms with Gasteiger partial charge in [-0.1, -0.05) is 12.1 Å². The topological polar surface area (TPSA) is 100 Å². The van der Waals surface area contributed by atoms with E-state index in [1.807, 2.05) is 29.6 Å². The summed E-state index contributed by atoms with van der Waals surface area (Å²) in [4.78, 5) is 13.8. The summed E-state index contributed by atoms with van der Waals surface area (Å²) in [5.41, 5.74) is 6.79. The number of hydrogen-bond donors (Lipinski definition) is 3. The number of benzene rings is 1. The summed E-state index contributed by atoms with van der Waals surface area (Å²) >= 11 is 1.59. The van der Waals surface area contributed by atoms with Crippen LogP contribution in [0.15, 0.2) is 35.7 Å². The van der Waals surface area contributed by atoms with Gasteiger partial charge in [0.25, 0.3) is 0 Å². The summed E-state index contributed by atoms with van der Waals surface area (Å²) in [6.45, 7) is 1.32. The van der Waals surface area contributed by atoms with Crippen molar-refractivity contribution in [2.45, 2.75) is 24.4 Å². The summed E-state index contributed by atoms with van der Waals surface area (Å²) in [6, 6.07) is 10.9. The molecule has 1 aliphatic heterocycles. The molecule has 136 valence electrons. The first-order valence-electron chi connectivity index (χ1n) is 8.47. The second kappa shape index (κ2) is 7.87. The van der Waals surface area contributed by atoms with Crippen molar-refractivity contribution >= 4 is 17.2 Å². The number of carbonyl (C=O) groups excluding carboxylic acids is 1. The normalized spacial score (nSPS) is 20.3. The van der Waals surface area contributed by atoms with Crippen molar-refractivity contribution in [3.63, 3.8) is 0 Å². The van der Waals surface area contributed by atoms with Crippen LogP contribution < -0.4 is 21.1 Å². The summed E-state index contributed by atoms with van der Waals surface area (Å²) in [5.74, 6) is 0.411. The molecular weight excluding hydrogens is 348 g/mol. The van der Waals surface area contributed by atoms with Gasteiger partial charge in [0, 0.05) is 17.8 Å². The van der Waals surface area contributed by atoms with Gasteiger partial charge in [-0.2, -0.15) is 5.26 Å². The van der Waals surface area contributed by atoms with Crippen LogP contribution >= 0.6 is 11.3 Å². The second-order valence-corrected chi connectivity index (χ2v) is 7.44. The van der Waals surface area contributed by atoms with Gasteiger partial charge in [-0.15, -0.1) is 11.3 Å². The maximum atomic E-state index is 12.8. The number of nitrogens with one attached hydrogen (secondary N) is 2. The predicted molar refractivity (Wildman–Crippen MR) is 101 cm³/mol. The van der Waals surface area contributed by atoms with Crippen LogP contribution in [0.5, 0.6) is 5.75 Å². The first-order chi connectivity index (χ1) is 12.6. The SMILES string of the molecule is COc1ccc([C@@]2(NC(=O)[C@@H](N)Cc3cccs3)CCNC2)c(C#N)c1. The van der Waals surface area contributed by atoms with E-state index < -0.39 is 11.6 Å². The Morgan fingerprint density at radius 1 is 1.54 bits per heavy atom. The number of hydrogen-bond acceptors (Lipinski definition) is 6. The minimum absolute atomic E-state index is 0.207. The molecule has 1 saturated heterocycles. The largest absolute Gasteiger partial charge is 0.497 e. The van der Waals surface area contributed by atoms with Gasteiger partial charge in [0.1, 0.15) is 5.75 Å². The number of amides is 1. The van der Waals surface area contributed by atoms with E-state index in [1.54, 1.807) is 24.5 Å². The number of nitriles is 1. The molecule has 0 bridgehead atoms. The van der Waals surface area contributed by atoms with E-state index in [4.69, 9.17) is 10.5 Å². The molecule has 7 heteroatoms. The molecule has 1 aliphatic rings. The minimum Gasteiger partial charge on any atom is -0.497 e. The van der Waals surface area contributed by atoms with Crippen molar-refractivity contribution in [2.75, 3.05) is 20.2 Å². The van der Waals surface area contributed by atoms with Crippen LogP contribution in [0.4, 0.5) is 0 Å². The Balaban J connectivity index is 1.84. The number of ether oxygens (including phenoxy) is 1. The quantitative estimate of drug-likeness (QED) is 0.716. The van der Waals surface area contributed by atoms with Crippen LogP contribution in [0, 0.1) is 11.3 Å². The maximum absolute atomic E-state index is 12.8. The molecule has 26 heavy (non-hydrogen) atoms. The molecule has 6 nitrogen and oxygen atoms in total. The van der Waals surface area contributed by atoms with E-state index in [1.165, 1.54) is 0 Å². The van der Waals surface area contributed by atoms with E-state index in [0.717, 1.165) is 17.0 Å². The van der Waals surface area contributed by atoms with Crippen LogP contribution in [-0.4, -0.2) is 32.1 Å². The monoisotopic (exact) mass is 370 g/mol. The fourth-order valence-electron chi connectivity index (χ4n) is 3.32. The van der Waals surface area contributed by atoms with E-state index in [0.29, 0.717) is 30.7 Å². The van der Waals surface area contributed by atoms with Crippen molar-refractivity contribution in [1.29, 1.82) is 5.26 Å². The highest BCUT2D eigenvalue weighted by atomic mass is 32.1.